The second kappa shape index (κ2) is 3.32. The third-order valence-corrected chi connectivity index (χ3v) is 3.62. The van der Waals surface area contributed by atoms with Crippen LogP contribution in [0, 0.1) is 5.82 Å². The van der Waals surface area contributed by atoms with Crippen LogP contribution in [0.25, 0.3) is 10.9 Å². The maximum Gasteiger partial charge on any atom is 0.147 e. The standard InChI is InChI=1S/C13H15FN2/c1-16-12-6-5-8(15)7-10(12)9-3-2-4-11(14)13(9)16/h2-4,8H,5-7,15H2,1H3. The van der Waals surface area contributed by atoms with E-state index < -0.39 is 0 Å². The first-order valence-corrected chi connectivity index (χ1v) is 5.68. The van der Waals surface area contributed by atoms with Crippen LogP contribution in [0.5, 0.6) is 0 Å². The number of para-hydroxylation sites is 1. The summed E-state index contributed by atoms with van der Waals surface area (Å²) in [7, 11) is 1.95. The Kier molecular flexibility index (Phi) is 2.04. The van der Waals surface area contributed by atoms with Gasteiger partial charge in [-0.25, -0.2) is 4.39 Å². The lowest BCUT2D eigenvalue weighted by atomic mass is 9.92. The molecule has 0 spiro atoms. The second-order valence-corrected chi connectivity index (χ2v) is 4.62. The SMILES string of the molecule is Cn1c2c(c3cccc(F)c31)CC(N)CC2. The molecule has 2 N–H and O–H groups in total. The van der Waals surface area contributed by atoms with Gasteiger partial charge in [0.15, 0.2) is 0 Å². The third kappa shape index (κ3) is 1.21. The molecule has 1 unspecified atom stereocenters. The summed E-state index contributed by atoms with van der Waals surface area (Å²) >= 11 is 0. The van der Waals surface area contributed by atoms with Crippen LogP contribution in [-0.2, 0) is 19.9 Å². The predicted octanol–water partition coefficient (Wildman–Crippen LogP) is 2.13. The summed E-state index contributed by atoms with van der Waals surface area (Å²) in [6, 6.07) is 5.52. The van der Waals surface area contributed by atoms with Crippen molar-refractivity contribution in [2.24, 2.45) is 12.8 Å². The van der Waals surface area contributed by atoms with Crippen LogP contribution in [0.4, 0.5) is 4.39 Å². The second-order valence-electron chi connectivity index (χ2n) is 4.62. The average molecular weight is 218 g/mol. The molecule has 0 radical (unpaired) electrons. The molecule has 1 aliphatic carbocycles. The molecule has 0 fully saturated rings. The van der Waals surface area contributed by atoms with Crippen molar-refractivity contribution in [2.75, 3.05) is 0 Å². The first-order valence-electron chi connectivity index (χ1n) is 5.68. The third-order valence-electron chi connectivity index (χ3n) is 3.62. The van der Waals surface area contributed by atoms with Gasteiger partial charge in [-0.15, -0.1) is 0 Å². The molecule has 0 aliphatic heterocycles. The van der Waals surface area contributed by atoms with Gasteiger partial charge in [0.05, 0.1) is 5.52 Å². The van der Waals surface area contributed by atoms with Crippen LogP contribution >= 0.6 is 0 Å². The van der Waals surface area contributed by atoms with Gasteiger partial charge in [-0.3, -0.25) is 0 Å². The van der Waals surface area contributed by atoms with Gasteiger partial charge in [-0.2, -0.15) is 0 Å². The maximum absolute atomic E-state index is 13.8. The maximum atomic E-state index is 13.8. The zero-order chi connectivity index (χ0) is 11.3. The molecule has 1 aromatic heterocycles. The molecule has 0 saturated heterocycles. The first kappa shape index (κ1) is 9.85. The lowest BCUT2D eigenvalue weighted by Crippen LogP contribution is -2.28. The topological polar surface area (TPSA) is 30.9 Å². The number of hydrogen-bond acceptors (Lipinski definition) is 1. The van der Waals surface area contributed by atoms with Crippen LogP contribution < -0.4 is 5.73 Å². The van der Waals surface area contributed by atoms with Gasteiger partial charge in [0.1, 0.15) is 5.82 Å². The van der Waals surface area contributed by atoms with Crippen LogP contribution in [0.1, 0.15) is 17.7 Å². The molecule has 3 heteroatoms. The molecule has 0 saturated carbocycles. The summed E-state index contributed by atoms with van der Waals surface area (Å²) in [5.41, 5.74) is 9.21. The van der Waals surface area contributed by atoms with E-state index in [1.54, 1.807) is 6.07 Å². The Morgan fingerprint density at radius 1 is 1.44 bits per heavy atom. The normalized spacial score (nSPS) is 20.1. The molecule has 1 heterocycles. The minimum Gasteiger partial charge on any atom is -0.345 e. The van der Waals surface area contributed by atoms with E-state index in [9.17, 15) is 4.39 Å². The number of hydrogen-bond donors (Lipinski definition) is 1. The van der Waals surface area contributed by atoms with Gasteiger partial charge in [0, 0.05) is 24.2 Å². The summed E-state index contributed by atoms with van der Waals surface area (Å²) in [6.45, 7) is 0. The molecule has 84 valence electrons. The highest BCUT2D eigenvalue weighted by molar-refractivity contribution is 5.86. The van der Waals surface area contributed by atoms with Gasteiger partial charge in [-0.1, -0.05) is 12.1 Å². The van der Waals surface area contributed by atoms with E-state index in [0.29, 0.717) is 0 Å². The van der Waals surface area contributed by atoms with E-state index >= 15 is 0 Å². The Balaban J connectivity index is 2.36. The molecule has 1 aliphatic rings. The van der Waals surface area contributed by atoms with Crippen molar-refractivity contribution in [1.29, 1.82) is 0 Å². The minimum absolute atomic E-state index is 0.136. The van der Waals surface area contributed by atoms with E-state index in [1.165, 1.54) is 17.3 Å². The lowest BCUT2D eigenvalue weighted by Gasteiger charge is -2.19. The highest BCUT2D eigenvalue weighted by Gasteiger charge is 2.23. The first-order chi connectivity index (χ1) is 7.68. The number of aromatic nitrogens is 1. The molecule has 0 amide bonds. The molecule has 1 aromatic carbocycles. The Morgan fingerprint density at radius 3 is 3.06 bits per heavy atom. The van der Waals surface area contributed by atoms with Crippen molar-refractivity contribution >= 4 is 10.9 Å². The summed E-state index contributed by atoms with van der Waals surface area (Å²) in [5.74, 6) is -0.136. The predicted molar refractivity (Wildman–Crippen MR) is 62.9 cm³/mol. The molecule has 16 heavy (non-hydrogen) atoms. The summed E-state index contributed by atoms with van der Waals surface area (Å²) in [5, 5.41) is 1.03. The molecule has 2 aromatic rings. The van der Waals surface area contributed by atoms with Crippen molar-refractivity contribution < 1.29 is 4.39 Å². The molecule has 3 rings (SSSR count). The Morgan fingerprint density at radius 2 is 2.25 bits per heavy atom. The Bertz CT molecular complexity index is 557. The number of fused-ring (bicyclic) bond motifs is 3. The van der Waals surface area contributed by atoms with E-state index in [0.717, 1.165) is 30.2 Å². The van der Waals surface area contributed by atoms with Crippen LogP contribution in [-0.4, -0.2) is 10.6 Å². The van der Waals surface area contributed by atoms with Gasteiger partial charge in [0.2, 0.25) is 0 Å². The fraction of sp³-hybridized carbons (Fsp3) is 0.385. The number of benzene rings is 1. The lowest BCUT2D eigenvalue weighted by molar-refractivity contribution is 0.560. The van der Waals surface area contributed by atoms with Crippen molar-refractivity contribution in [1.82, 2.24) is 4.57 Å². The van der Waals surface area contributed by atoms with Gasteiger partial charge in [-0.05, 0) is 30.9 Å². The number of rotatable bonds is 0. The van der Waals surface area contributed by atoms with E-state index in [4.69, 9.17) is 5.73 Å². The summed E-state index contributed by atoms with van der Waals surface area (Å²) in [4.78, 5) is 0. The monoisotopic (exact) mass is 218 g/mol. The summed E-state index contributed by atoms with van der Waals surface area (Å²) < 4.78 is 15.8. The molecule has 0 bridgehead atoms. The largest absolute Gasteiger partial charge is 0.345 e. The van der Waals surface area contributed by atoms with Gasteiger partial charge in [0.25, 0.3) is 0 Å². The fourth-order valence-corrected chi connectivity index (χ4v) is 2.83. The zero-order valence-electron chi connectivity index (χ0n) is 9.33. The fourth-order valence-electron chi connectivity index (χ4n) is 2.83. The zero-order valence-corrected chi connectivity index (χ0v) is 9.33. The quantitative estimate of drug-likeness (QED) is 0.721. The molecular formula is C13H15FN2. The van der Waals surface area contributed by atoms with Gasteiger partial charge >= 0.3 is 0 Å². The van der Waals surface area contributed by atoms with Crippen molar-refractivity contribution in [3.8, 4) is 0 Å². The van der Waals surface area contributed by atoms with E-state index in [-0.39, 0.29) is 11.9 Å². The van der Waals surface area contributed by atoms with Crippen molar-refractivity contribution in [2.45, 2.75) is 25.3 Å². The smallest absolute Gasteiger partial charge is 0.147 e. The highest BCUT2D eigenvalue weighted by atomic mass is 19.1. The van der Waals surface area contributed by atoms with Gasteiger partial charge < -0.3 is 10.3 Å². The Labute approximate surface area is 93.9 Å². The van der Waals surface area contributed by atoms with Crippen molar-refractivity contribution in [3.05, 3.63) is 35.3 Å². The summed E-state index contributed by atoms with van der Waals surface area (Å²) in [6.07, 6.45) is 2.83. The average Bonchev–Trinajstić information content (AvgIpc) is 2.54. The van der Waals surface area contributed by atoms with Crippen LogP contribution in [0.3, 0.4) is 0 Å². The molecular weight excluding hydrogens is 203 g/mol. The van der Waals surface area contributed by atoms with Crippen molar-refractivity contribution in [3.63, 3.8) is 0 Å². The molecule has 1 atom stereocenters. The van der Waals surface area contributed by atoms with E-state index in [2.05, 4.69) is 0 Å². The number of nitrogens with two attached hydrogens (primary N) is 1. The Hall–Kier alpha value is -1.35. The highest BCUT2D eigenvalue weighted by Crippen LogP contribution is 2.32. The van der Waals surface area contributed by atoms with Crippen LogP contribution in [0.15, 0.2) is 18.2 Å². The number of halogens is 1. The molecule has 2 nitrogen and oxygen atoms in total. The van der Waals surface area contributed by atoms with E-state index in [1.807, 2.05) is 17.7 Å². The number of nitrogens with zero attached hydrogens (tertiary/aromatic N) is 1. The number of aryl methyl sites for hydroxylation is 1. The van der Waals surface area contributed by atoms with Crippen LogP contribution in [0.2, 0.25) is 0 Å². The minimum atomic E-state index is -0.136.